The molecule has 1 saturated carbocycles. The lowest BCUT2D eigenvalue weighted by Gasteiger charge is -2.54. The van der Waals surface area contributed by atoms with Crippen LogP contribution in [0.4, 0.5) is 8.78 Å². The van der Waals surface area contributed by atoms with Crippen LogP contribution in [0.5, 0.6) is 0 Å². The molecular weight excluding hydrogens is 512 g/mol. The molecule has 3 heterocycles. The highest BCUT2D eigenvalue weighted by molar-refractivity contribution is 6.21. The maximum absolute atomic E-state index is 16.7. The molecule has 3 aliphatic heterocycles. The van der Waals surface area contributed by atoms with Crippen molar-refractivity contribution in [2.45, 2.75) is 95.0 Å². The number of halogens is 3. The lowest BCUT2D eigenvalue weighted by Crippen LogP contribution is -2.73. The van der Waals surface area contributed by atoms with Gasteiger partial charge in [-0.05, 0) is 37.0 Å². The molecule has 6 nitrogen and oxygen atoms in total. The van der Waals surface area contributed by atoms with Gasteiger partial charge in [-0.25, -0.2) is 8.78 Å². The fourth-order valence-electron chi connectivity index (χ4n) is 6.88. The zero-order valence-corrected chi connectivity index (χ0v) is 23.0. The summed E-state index contributed by atoms with van der Waals surface area (Å²) in [6.07, 6.45) is 6.70. The summed E-state index contributed by atoms with van der Waals surface area (Å²) in [7, 11) is 0. The maximum atomic E-state index is 16.7. The molecule has 4 aliphatic rings. The number of alkyl halides is 2. The molecule has 38 heavy (non-hydrogen) atoms. The first-order valence-corrected chi connectivity index (χ1v) is 14.7. The molecule has 2 amide bonds. The summed E-state index contributed by atoms with van der Waals surface area (Å²) < 4.78 is 35.9. The van der Waals surface area contributed by atoms with Crippen molar-refractivity contribution in [2.24, 2.45) is 11.3 Å². The van der Waals surface area contributed by atoms with Gasteiger partial charge >= 0.3 is 0 Å². The normalized spacial score (nSPS) is 31.4. The molecule has 4 unspecified atom stereocenters. The minimum Gasteiger partial charge on any atom is -0.380 e. The number of amides is 2. The van der Waals surface area contributed by atoms with Gasteiger partial charge in [0.1, 0.15) is 30.7 Å². The highest BCUT2D eigenvalue weighted by Crippen LogP contribution is 2.47. The highest BCUT2D eigenvalue weighted by Gasteiger charge is 2.56. The Labute approximate surface area is 229 Å². The number of hydrogen-bond acceptors (Lipinski definition) is 4. The zero-order valence-electron chi connectivity index (χ0n) is 22.3. The summed E-state index contributed by atoms with van der Waals surface area (Å²) in [5, 5.41) is 2.84. The third-order valence-electron chi connectivity index (χ3n) is 9.26. The first-order valence-electron chi connectivity index (χ1n) is 14.3. The number of benzene rings is 1. The van der Waals surface area contributed by atoms with Crippen LogP contribution in [-0.2, 0) is 20.9 Å². The molecule has 3 saturated heterocycles. The van der Waals surface area contributed by atoms with Crippen LogP contribution >= 0.6 is 11.6 Å². The van der Waals surface area contributed by atoms with E-state index in [2.05, 4.69) is 5.32 Å². The molecule has 5 rings (SSSR count). The topological polar surface area (TPSA) is 61.9 Å². The fraction of sp³-hybridized carbons (Fsp3) is 0.724. The first-order chi connectivity index (χ1) is 18.3. The summed E-state index contributed by atoms with van der Waals surface area (Å²) in [5.41, 5.74) is 0.533. The lowest BCUT2D eigenvalue weighted by molar-refractivity contribution is -0.175. The number of aryl methyl sites for hydroxylation is 1. The Morgan fingerprint density at radius 2 is 1.74 bits per heavy atom. The predicted octanol–water partition coefficient (Wildman–Crippen LogP) is 4.71. The van der Waals surface area contributed by atoms with Gasteiger partial charge in [0.05, 0.1) is 18.6 Å². The Hall–Kier alpha value is -1.77. The first kappa shape index (κ1) is 27.8. The highest BCUT2D eigenvalue weighted by atomic mass is 35.5. The standard InChI is InChI=1S/C29H40ClF2N3O3/c1-19-13-20(9-10-22(19)31)15-34-24(36)16-35(28(37)25(34)21-17-38-18-21)27-26(32)29(23(30)14-33-27)11-7-5-3-2-4-6-8-12-29/h9-10,13,21,23,25-27,33H,2-8,11-12,14-18H2,1H3. The van der Waals surface area contributed by atoms with Crippen molar-refractivity contribution in [3.8, 4) is 0 Å². The van der Waals surface area contributed by atoms with Gasteiger partial charge in [0.2, 0.25) is 11.8 Å². The van der Waals surface area contributed by atoms with E-state index in [1.807, 2.05) is 0 Å². The zero-order chi connectivity index (χ0) is 26.9. The van der Waals surface area contributed by atoms with Gasteiger partial charge in [-0.1, -0.05) is 57.1 Å². The van der Waals surface area contributed by atoms with Crippen molar-refractivity contribution in [1.82, 2.24) is 15.1 Å². The van der Waals surface area contributed by atoms with E-state index >= 15 is 4.39 Å². The number of piperazine rings is 1. The Kier molecular flexibility index (Phi) is 8.60. The fourth-order valence-corrected chi connectivity index (χ4v) is 7.31. The second-order valence-corrected chi connectivity index (χ2v) is 12.3. The average Bonchev–Trinajstić information content (AvgIpc) is 2.87. The smallest absolute Gasteiger partial charge is 0.247 e. The molecule has 9 heteroatoms. The number of nitrogens with zero attached hydrogens (tertiary/aromatic N) is 2. The van der Waals surface area contributed by atoms with Gasteiger partial charge in [0.25, 0.3) is 0 Å². The number of carbonyl (C=O) groups excluding carboxylic acids is 2. The number of hydrogen-bond donors (Lipinski definition) is 1. The van der Waals surface area contributed by atoms with Crippen LogP contribution in [0.25, 0.3) is 0 Å². The van der Waals surface area contributed by atoms with Gasteiger partial charge in [-0.3, -0.25) is 14.9 Å². The number of piperidine rings is 1. The van der Waals surface area contributed by atoms with Crippen LogP contribution in [0, 0.1) is 24.1 Å². The van der Waals surface area contributed by atoms with Crippen LogP contribution in [0.2, 0.25) is 0 Å². The molecule has 210 valence electrons. The van der Waals surface area contributed by atoms with Crippen LogP contribution in [0.3, 0.4) is 0 Å². The van der Waals surface area contributed by atoms with E-state index < -0.39 is 23.8 Å². The van der Waals surface area contributed by atoms with Crippen LogP contribution in [0.15, 0.2) is 18.2 Å². The van der Waals surface area contributed by atoms with E-state index in [0.717, 1.165) is 44.1 Å². The molecular formula is C29H40ClF2N3O3. The van der Waals surface area contributed by atoms with Crippen molar-refractivity contribution >= 4 is 23.4 Å². The van der Waals surface area contributed by atoms with Crippen LogP contribution < -0.4 is 5.32 Å². The summed E-state index contributed by atoms with van der Waals surface area (Å²) in [6.45, 7) is 2.84. The third kappa shape index (κ3) is 5.33. The minimum absolute atomic E-state index is 0.152. The number of nitrogens with one attached hydrogen (secondary N) is 1. The van der Waals surface area contributed by atoms with E-state index in [4.69, 9.17) is 16.3 Å². The summed E-state index contributed by atoms with van der Waals surface area (Å²) >= 11 is 6.86. The third-order valence-corrected chi connectivity index (χ3v) is 9.85. The molecule has 4 fully saturated rings. The number of carbonyl (C=O) groups is 2. The molecule has 0 bridgehead atoms. The quantitative estimate of drug-likeness (QED) is 0.551. The number of ether oxygens (including phenoxy) is 1. The van der Waals surface area contributed by atoms with E-state index in [1.54, 1.807) is 24.0 Å². The molecule has 1 aliphatic carbocycles. The van der Waals surface area contributed by atoms with E-state index in [1.165, 1.54) is 17.4 Å². The lowest BCUT2D eigenvalue weighted by atomic mass is 9.68. The van der Waals surface area contributed by atoms with Crippen LogP contribution in [0.1, 0.15) is 68.9 Å². The Bertz CT molecular complexity index is 1010. The molecule has 4 atom stereocenters. The Morgan fingerprint density at radius 3 is 2.34 bits per heavy atom. The van der Waals surface area contributed by atoms with Crippen molar-refractivity contribution in [3.05, 3.63) is 35.1 Å². The van der Waals surface area contributed by atoms with Crippen molar-refractivity contribution in [2.75, 3.05) is 26.3 Å². The van der Waals surface area contributed by atoms with Gasteiger partial charge < -0.3 is 14.5 Å². The second kappa shape index (κ2) is 11.8. The maximum Gasteiger partial charge on any atom is 0.247 e. The predicted molar refractivity (Wildman–Crippen MR) is 142 cm³/mol. The summed E-state index contributed by atoms with van der Waals surface area (Å²) in [6, 6.07) is 4.00. The molecule has 1 N–H and O–H groups in total. The molecule has 1 spiro atoms. The number of rotatable bonds is 4. The van der Waals surface area contributed by atoms with Crippen molar-refractivity contribution in [1.29, 1.82) is 0 Å². The van der Waals surface area contributed by atoms with E-state index in [0.29, 0.717) is 38.2 Å². The Balaban J connectivity index is 1.39. The van der Waals surface area contributed by atoms with E-state index in [9.17, 15) is 14.0 Å². The van der Waals surface area contributed by atoms with Gasteiger partial charge in [-0.15, -0.1) is 11.6 Å². The second-order valence-electron chi connectivity index (χ2n) is 11.7. The average molecular weight is 552 g/mol. The van der Waals surface area contributed by atoms with Gasteiger partial charge in [-0.2, -0.15) is 0 Å². The summed E-state index contributed by atoms with van der Waals surface area (Å²) in [4.78, 5) is 30.6. The van der Waals surface area contributed by atoms with Crippen LogP contribution in [-0.4, -0.2) is 71.7 Å². The van der Waals surface area contributed by atoms with E-state index in [-0.39, 0.29) is 42.0 Å². The SMILES string of the molecule is Cc1cc(CN2C(=O)CN(C3NCC(Cl)C4(CCCCCCCCC4)C3F)C(=O)C2C2COC2)ccc1F. The van der Waals surface area contributed by atoms with Crippen molar-refractivity contribution in [3.63, 3.8) is 0 Å². The van der Waals surface area contributed by atoms with Gasteiger partial charge in [0, 0.05) is 24.4 Å². The van der Waals surface area contributed by atoms with Gasteiger partial charge in [0.15, 0.2) is 0 Å². The minimum atomic E-state index is -1.36. The molecule has 1 aromatic rings. The Morgan fingerprint density at radius 1 is 1.08 bits per heavy atom. The molecule has 0 radical (unpaired) electrons. The van der Waals surface area contributed by atoms with Crippen molar-refractivity contribution < 1.29 is 23.1 Å². The largest absolute Gasteiger partial charge is 0.380 e. The monoisotopic (exact) mass is 551 g/mol. The molecule has 0 aromatic heterocycles. The summed E-state index contributed by atoms with van der Waals surface area (Å²) in [5.74, 6) is -0.944. The molecule has 1 aromatic carbocycles.